The molecule has 0 aromatic heterocycles. The second-order valence-electron chi connectivity index (χ2n) is 5.93. The molecule has 0 aliphatic rings. The fourth-order valence-corrected chi connectivity index (χ4v) is 3.01. The van der Waals surface area contributed by atoms with Gasteiger partial charge in [0.25, 0.3) is 5.91 Å². The topological polar surface area (TPSA) is 38.3 Å². The Kier molecular flexibility index (Phi) is 6.45. The van der Waals surface area contributed by atoms with Crippen LogP contribution in [-0.2, 0) is 6.42 Å². The Morgan fingerprint density at radius 1 is 0.923 bits per heavy atom. The summed E-state index contributed by atoms with van der Waals surface area (Å²) in [5.41, 5.74) is 2.63. The molecular weight excluding hydrogens is 390 g/mol. The minimum atomic E-state index is -0.146. The Balaban J connectivity index is 1.52. The lowest BCUT2D eigenvalue weighted by Gasteiger charge is -2.09. The molecule has 0 atom stereocenters. The van der Waals surface area contributed by atoms with Gasteiger partial charge in [-0.25, -0.2) is 0 Å². The molecule has 3 rings (SSSR count). The summed E-state index contributed by atoms with van der Waals surface area (Å²) in [5, 5.41) is 2.90. The average molecular weight is 410 g/mol. The largest absolute Gasteiger partial charge is 0.494 e. The third-order valence-electron chi connectivity index (χ3n) is 3.90. The first-order valence-corrected chi connectivity index (χ1v) is 9.34. The van der Waals surface area contributed by atoms with Crippen LogP contribution in [0.25, 0.3) is 0 Å². The number of nitrogens with one attached hydrogen (secondary N) is 1. The molecule has 0 spiro atoms. The molecule has 0 bridgehead atoms. The number of anilines is 1. The molecule has 3 aromatic rings. The van der Waals surface area contributed by atoms with Gasteiger partial charge in [-0.15, -0.1) is 0 Å². The number of hydrogen-bond donors (Lipinski definition) is 1. The van der Waals surface area contributed by atoms with Crippen LogP contribution in [0.15, 0.2) is 83.3 Å². The SMILES string of the molecule is O=C(Nc1cccc(OCCCc2ccccc2)c1)c1cccc(Br)c1. The van der Waals surface area contributed by atoms with E-state index in [2.05, 4.69) is 33.4 Å². The fraction of sp³-hybridized carbons (Fsp3) is 0.136. The third kappa shape index (κ3) is 5.46. The molecule has 1 amide bonds. The van der Waals surface area contributed by atoms with E-state index >= 15 is 0 Å². The van der Waals surface area contributed by atoms with Gasteiger partial charge in [0.1, 0.15) is 5.75 Å². The van der Waals surface area contributed by atoms with Gasteiger partial charge in [-0.1, -0.05) is 58.4 Å². The van der Waals surface area contributed by atoms with Crippen molar-refractivity contribution in [2.24, 2.45) is 0 Å². The third-order valence-corrected chi connectivity index (χ3v) is 4.39. The van der Waals surface area contributed by atoms with Crippen LogP contribution in [-0.4, -0.2) is 12.5 Å². The van der Waals surface area contributed by atoms with Gasteiger partial charge in [0.05, 0.1) is 6.61 Å². The van der Waals surface area contributed by atoms with Crippen LogP contribution in [0, 0.1) is 0 Å². The quantitative estimate of drug-likeness (QED) is 0.507. The van der Waals surface area contributed by atoms with Crippen LogP contribution in [0.5, 0.6) is 5.75 Å². The molecule has 1 N–H and O–H groups in total. The highest BCUT2D eigenvalue weighted by Crippen LogP contribution is 2.19. The molecule has 132 valence electrons. The number of benzene rings is 3. The van der Waals surface area contributed by atoms with Crippen molar-refractivity contribution in [3.8, 4) is 5.75 Å². The van der Waals surface area contributed by atoms with Crippen molar-refractivity contribution < 1.29 is 9.53 Å². The molecule has 0 unspecified atom stereocenters. The number of carbonyl (C=O) groups excluding carboxylic acids is 1. The maximum absolute atomic E-state index is 12.3. The van der Waals surface area contributed by atoms with E-state index in [1.807, 2.05) is 54.6 Å². The first-order valence-electron chi connectivity index (χ1n) is 8.54. The maximum Gasteiger partial charge on any atom is 0.255 e. The van der Waals surface area contributed by atoms with Gasteiger partial charge in [-0.05, 0) is 48.7 Å². The Labute approximate surface area is 162 Å². The summed E-state index contributed by atoms with van der Waals surface area (Å²) in [6.45, 7) is 0.637. The van der Waals surface area contributed by atoms with E-state index in [-0.39, 0.29) is 5.91 Å². The summed E-state index contributed by atoms with van der Waals surface area (Å²) in [6, 6.07) is 25.1. The van der Waals surface area contributed by atoms with Gasteiger partial charge in [-0.3, -0.25) is 4.79 Å². The zero-order chi connectivity index (χ0) is 18.2. The normalized spacial score (nSPS) is 10.3. The molecule has 3 aromatic carbocycles. The molecule has 0 aliphatic heterocycles. The smallest absolute Gasteiger partial charge is 0.255 e. The summed E-state index contributed by atoms with van der Waals surface area (Å²) < 4.78 is 6.69. The highest BCUT2D eigenvalue weighted by atomic mass is 79.9. The van der Waals surface area contributed by atoms with Gasteiger partial charge in [-0.2, -0.15) is 0 Å². The number of carbonyl (C=O) groups is 1. The number of rotatable bonds is 7. The van der Waals surface area contributed by atoms with E-state index < -0.39 is 0 Å². The summed E-state index contributed by atoms with van der Waals surface area (Å²) in [6.07, 6.45) is 1.93. The summed E-state index contributed by atoms with van der Waals surface area (Å²) in [5.74, 6) is 0.609. The van der Waals surface area contributed by atoms with Gasteiger partial charge >= 0.3 is 0 Å². The van der Waals surface area contributed by atoms with Crippen LogP contribution < -0.4 is 10.1 Å². The fourth-order valence-electron chi connectivity index (χ4n) is 2.61. The van der Waals surface area contributed by atoms with Crippen LogP contribution in [0.4, 0.5) is 5.69 Å². The molecule has 26 heavy (non-hydrogen) atoms. The number of ether oxygens (including phenoxy) is 1. The summed E-state index contributed by atoms with van der Waals surface area (Å²) in [7, 11) is 0. The van der Waals surface area contributed by atoms with Gasteiger partial charge in [0, 0.05) is 21.8 Å². The lowest BCUT2D eigenvalue weighted by Crippen LogP contribution is -2.11. The van der Waals surface area contributed by atoms with Crippen molar-refractivity contribution in [3.63, 3.8) is 0 Å². The molecular formula is C22H20BrNO2. The Morgan fingerprint density at radius 2 is 1.73 bits per heavy atom. The standard InChI is InChI=1S/C22H20BrNO2/c23-19-11-4-10-18(15-19)22(25)24-20-12-5-13-21(16-20)26-14-6-9-17-7-2-1-3-8-17/h1-5,7-8,10-13,15-16H,6,9,14H2,(H,24,25). The van der Waals surface area contributed by atoms with Crippen molar-refractivity contribution >= 4 is 27.5 Å². The first-order chi connectivity index (χ1) is 12.7. The molecule has 0 heterocycles. The Morgan fingerprint density at radius 3 is 2.54 bits per heavy atom. The van der Waals surface area contributed by atoms with Gasteiger partial charge in [0.2, 0.25) is 0 Å². The highest BCUT2D eigenvalue weighted by molar-refractivity contribution is 9.10. The van der Waals surface area contributed by atoms with Crippen molar-refractivity contribution in [2.45, 2.75) is 12.8 Å². The molecule has 0 saturated heterocycles. The van der Waals surface area contributed by atoms with Crippen LogP contribution in [0.2, 0.25) is 0 Å². The van der Waals surface area contributed by atoms with E-state index in [4.69, 9.17) is 4.74 Å². The number of hydrogen-bond acceptors (Lipinski definition) is 2. The predicted molar refractivity (Wildman–Crippen MR) is 109 cm³/mol. The molecule has 0 saturated carbocycles. The predicted octanol–water partition coefficient (Wildman–Crippen LogP) is 5.71. The van der Waals surface area contributed by atoms with Gasteiger partial charge < -0.3 is 10.1 Å². The van der Waals surface area contributed by atoms with Crippen molar-refractivity contribution in [3.05, 3.63) is 94.5 Å². The zero-order valence-corrected chi connectivity index (χ0v) is 15.9. The van der Waals surface area contributed by atoms with E-state index in [0.29, 0.717) is 12.2 Å². The molecule has 0 radical (unpaired) electrons. The molecule has 4 heteroatoms. The number of aryl methyl sites for hydroxylation is 1. The van der Waals surface area contributed by atoms with Crippen LogP contribution in [0.1, 0.15) is 22.3 Å². The summed E-state index contributed by atoms with van der Waals surface area (Å²) >= 11 is 3.38. The first kappa shape index (κ1) is 18.2. The molecule has 0 aliphatic carbocycles. The zero-order valence-electron chi connectivity index (χ0n) is 14.3. The van der Waals surface area contributed by atoms with E-state index in [9.17, 15) is 4.79 Å². The van der Waals surface area contributed by atoms with E-state index in [0.717, 1.165) is 28.8 Å². The van der Waals surface area contributed by atoms with Crippen LogP contribution in [0.3, 0.4) is 0 Å². The van der Waals surface area contributed by atoms with Crippen molar-refractivity contribution in [1.82, 2.24) is 0 Å². The molecule has 0 fully saturated rings. The van der Waals surface area contributed by atoms with E-state index in [1.54, 1.807) is 12.1 Å². The highest BCUT2D eigenvalue weighted by Gasteiger charge is 2.07. The number of halogens is 1. The Hall–Kier alpha value is -2.59. The second-order valence-corrected chi connectivity index (χ2v) is 6.85. The van der Waals surface area contributed by atoms with Crippen LogP contribution >= 0.6 is 15.9 Å². The second kappa shape index (κ2) is 9.20. The van der Waals surface area contributed by atoms with Crippen molar-refractivity contribution in [2.75, 3.05) is 11.9 Å². The average Bonchev–Trinajstić information content (AvgIpc) is 2.66. The lowest BCUT2D eigenvalue weighted by molar-refractivity contribution is 0.102. The van der Waals surface area contributed by atoms with Crippen molar-refractivity contribution in [1.29, 1.82) is 0 Å². The van der Waals surface area contributed by atoms with Gasteiger partial charge in [0.15, 0.2) is 0 Å². The van der Waals surface area contributed by atoms with E-state index in [1.165, 1.54) is 5.56 Å². The molecule has 3 nitrogen and oxygen atoms in total. The summed E-state index contributed by atoms with van der Waals surface area (Å²) in [4.78, 5) is 12.3. The minimum absolute atomic E-state index is 0.146. The minimum Gasteiger partial charge on any atom is -0.494 e. The monoisotopic (exact) mass is 409 g/mol. The lowest BCUT2D eigenvalue weighted by atomic mass is 10.1. The Bertz CT molecular complexity index is 865. The maximum atomic E-state index is 12.3. The number of amides is 1.